The van der Waals surface area contributed by atoms with Crippen molar-refractivity contribution in [2.45, 2.75) is 6.92 Å². The molecule has 0 spiro atoms. The van der Waals surface area contributed by atoms with Crippen LogP contribution in [0.1, 0.15) is 17.3 Å². The summed E-state index contributed by atoms with van der Waals surface area (Å²) in [5.74, 6) is -0.297. The van der Waals surface area contributed by atoms with Gasteiger partial charge in [-0.3, -0.25) is 0 Å². The number of hydrogen-bond donors (Lipinski definition) is 1. The number of aromatic nitrogens is 2. The number of rotatable bonds is 1. The molecule has 1 aromatic heterocycles. The molecule has 2 rings (SSSR count). The van der Waals surface area contributed by atoms with E-state index in [-0.39, 0.29) is 5.56 Å². The van der Waals surface area contributed by atoms with E-state index in [4.69, 9.17) is 5.11 Å². The van der Waals surface area contributed by atoms with Gasteiger partial charge in [0.15, 0.2) is 0 Å². The summed E-state index contributed by atoms with van der Waals surface area (Å²) in [7, 11) is 1.86. The van der Waals surface area contributed by atoms with Gasteiger partial charge in [-0.2, -0.15) is 5.10 Å². The molecule has 1 N–H and O–H groups in total. The first-order chi connectivity index (χ1) is 6.59. The molecule has 0 saturated carbocycles. The second-order valence-corrected chi connectivity index (χ2v) is 3.46. The molecule has 14 heavy (non-hydrogen) atoms. The zero-order valence-corrected chi connectivity index (χ0v) is 8.06. The minimum Gasteiger partial charge on any atom is -0.477 e. The van der Waals surface area contributed by atoms with Crippen LogP contribution < -0.4 is 4.90 Å². The van der Waals surface area contributed by atoms with Gasteiger partial charge in [-0.15, -0.1) is 0 Å². The quantitative estimate of drug-likeness (QED) is 0.719. The van der Waals surface area contributed by atoms with Crippen LogP contribution in [0.4, 0.5) is 5.82 Å². The second kappa shape index (κ2) is 2.87. The minimum absolute atomic E-state index is 0.247. The first-order valence-electron chi connectivity index (χ1n) is 4.29. The van der Waals surface area contributed by atoms with Crippen molar-refractivity contribution in [3.05, 3.63) is 17.3 Å². The third-order valence-electron chi connectivity index (χ3n) is 2.19. The predicted octanol–water partition coefficient (Wildman–Crippen LogP) is 0.892. The molecule has 1 aliphatic heterocycles. The highest BCUT2D eigenvalue weighted by Gasteiger charge is 2.22. The molecule has 1 aliphatic rings. The SMILES string of the molecule is CC1=Cn2ncc(C(=O)O)c2N(C)C1. The van der Waals surface area contributed by atoms with Crippen LogP contribution in [0, 0.1) is 0 Å². The highest BCUT2D eigenvalue weighted by molar-refractivity contribution is 5.94. The first kappa shape index (κ1) is 8.80. The Morgan fingerprint density at radius 1 is 1.64 bits per heavy atom. The standard InChI is InChI=1S/C9H11N3O2/c1-6-4-11(2)8-7(9(13)14)3-10-12(8)5-6/h3,5H,4H2,1-2H3,(H,13,14). The Hall–Kier alpha value is -1.78. The van der Waals surface area contributed by atoms with E-state index in [1.54, 1.807) is 4.68 Å². The van der Waals surface area contributed by atoms with Crippen LogP contribution in [0.25, 0.3) is 6.20 Å². The smallest absolute Gasteiger partial charge is 0.341 e. The number of likely N-dealkylation sites (N-methyl/N-ethyl adjacent to an activating group) is 1. The van der Waals surface area contributed by atoms with E-state index in [9.17, 15) is 4.79 Å². The Bertz CT molecular complexity index is 420. The van der Waals surface area contributed by atoms with Crippen LogP contribution in [0.3, 0.4) is 0 Å². The van der Waals surface area contributed by atoms with E-state index in [2.05, 4.69) is 5.10 Å². The van der Waals surface area contributed by atoms with Crippen LogP contribution in [0.2, 0.25) is 0 Å². The maximum absolute atomic E-state index is 10.9. The summed E-state index contributed by atoms with van der Waals surface area (Å²) in [6, 6.07) is 0. The fourth-order valence-corrected chi connectivity index (χ4v) is 1.68. The van der Waals surface area contributed by atoms with Gasteiger partial charge in [0.25, 0.3) is 0 Å². The topological polar surface area (TPSA) is 58.4 Å². The summed E-state index contributed by atoms with van der Waals surface area (Å²) < 4.78 is 1.60. The molecular weight excluding hydrogens is 182 g/mol. The van der Waals surface area contributed by atoms with Gasteiger partial charge in [-0.05, 0) is 12.5 Å². The minimum atomic E-state index is -0.939. The van der Waals surface area contributed by atoms with E-state index in [0.29, 0.717) is 5.82 Å². The molecule has 0 radical (unpaired) electrons. The maximum Gasteiger partial charge on any atom is 0.341 e. The van der Waals surface area contributed by atoms with Crippen LogP contribution in [0.5, 0.6) is 0 Å². The fourth-order valence-electron chi connectivity index (χ4n) is 1.68. The molecule has 0 aromatic carbocycles. The Kier molecular flexibility index (Phi) is 1.80. The monoisotopic (exact) mass is 193 g/mol. The average Bonchev–Trinajstić information content (AvgIpc) is 2.47. The Labute approximate surface area is 81.2 Å². The average molecular weight is 193 g/mol. The van der Waals surface area contributed by atoms with Crippen molar-refractivity contribution in [2.75, 3.05) is 18.5 Å². The molecule has 5 heteroatoms. The van der Waals surface area contributed by atoms with E-state index < -0.39 is 5.97 Å². The molecule has 2 heterocycles. The van der Waals surface area contributed by atoms with Crippen molar-refractivity contribution in [3.8, 4) is 0 Å². The molecule has 0 fully saturated rings. The third kappa shape index (κ3) is 1.17. The van der Waals surface area contributed by atoms with Crippen molar-refractivity contribution < 1.29 is 9.90 Å². The van der Waals surface area contributed by atoms with Crippen molar-refractivity contribution >= 4 is 18.0 Å². The summed E-state index contributed by atoms with van der Waals surface area (Å²) in [5.41, 5.74) is 1.40. The summed E-state index contributed by atoms with van der Waals surface area (Å²) in [6.45, 7) is 2.73. The van der Waals surface area contributed by atoms with Crippen molar-refractivity contribution in [1.29, 1.82) is 0 Å². The Morgan fingerprint density at radius 3 is 3.00 bits per heavy atom. The molecule has 5 nitrogen and oxygen atoms in total. The van der Waals surface area contributed by atoms with Gasteiger partial charge >= 0.3 is 5.97 Å². The van der Waals surface area contributed by atoms with Crippen molar-refractivity contribution in [3.63, 3.8) is 0 Å². The molecular formula is C9H11N3O2. The van der Waals surface area contributed by atoms with E-state index in [1.807, 2.05) is 25.1 Å². The number of nitrogens with zero attached hydrogens (tertiary/aromatic N) is 3. The molecule has 0 unspecified atom stereocenters. The molecule has 0 saturated heterocycles. The van der Waals surface area contributed by atoms with Crippen LogP contribution in [0.15, 0.2) is 11.8 Å². The molecule has 0 atom stereocenters. The number of aromatic carboxylic acids is 1. The van der Waals surface area contributed by atoms with Crippen LogP contribution in [-0.4, -0.2) is 34.4 Å². The highest BCUT2D eigenvalue weighted by Crippen LogP contribution is 2.24. The lowest BCUT2D eigenvalue weighted by molar-refractivity contribution is 0.0697. The van der Waals surface area contributed by atoms with Gasteiger partial charge in [0.2, 0.25) is 0 Å². The molecule has 0 aliphatic carbocycles. The molecule has 74 valence electrons. The van der Waals surface area contributed by atoms with Gasteiger partial charge in [-0.1, -0.05) is 0 Å². The number of carboxylic acids is 1. The largest absolute Gasteiger partial charge is 0.477 e. The van der Waals surface area contributed by atoms with Gasteiger partial charge in [-0.25, -0.2) is 9.48 Å². The van der Waals surface area contributed by atoms with Gasteiger partial charge in [0, 0.05) is 19.8 Å². The zero-order valence-electron chi connectivity index (χ0n) is 8.06. The summed E-state index contributed by atoms with van der Waals surface area (Å²) in [4.78, 5) is 12.7. The maximum atomic E-state index is 10.9. The third-order valence-corrected chi connectivity index (χ3v) is 2.19. The lowest BCUT2D eigenvalue weighted by atomic mass is 10.2. The fraction of sp³-hybridized carbons (Fsp3) is 0.333. The number of carboxylic acid groups (broad SMARTS) is 1. The summed E-state index contributed by atoms with van der Waals surface area (Å²) in [5, 5.41) is 12.9. The number of fused-ring (bicyclic) bond motifs is 1. The number of hydrogen-bond acceptors (Lipinski definition) is 3. The van der Waals surface area contributed by atoms with Crippen LogP contribution in [-0.2, 0) is 0 Å². The summed E-state index contributed by atoms with van der Waals surface area (Å²) in [6.07, 6.45) is 3.23. The Balaban J connectivity index is 2.58. The lowest BCUT2D eigenvalue weighted by Gasteiger charge is -2.24. The van der Waals surface area contributed by atoms with Gasteiger partial charge in [0.1, 0.15) is 11.4 Å². The Morgan fingerprint density at radius 2 is 2.36 bits per heavy atom. The van der Waals surface area contributed by atoms with Crippen molar-refractivity contribution in [2.24, 2.45) is 0 Å². The van der Waals surface area contributed by atoms with Gasteiger partial charge < -0.3 is 10.0 Å². The van der Waals surface area contributed by atoms with Crippen molar-refractivity contribution in [1.82, 2.24) is 9.78 Å². The van der Waals surface area contributed by atoms with E-state index in [0.717, 1.165) is 12.1 Å². The van der Waals surface area contributed by atoms with Crippen LogP contribution >= 0.6 is 0 Å². The number of carbonyl (C=O) groups is 1. The summed E-state index contributed by atoms with van der Waals surface area (Å²) >= 11 is 0. The predicted molar refractivity (Wildman–Crippen MR) is 52.4 cm³/mol. The van der Waals surface area contributed by atoms with E-state index >= 15 is 0 Å². The number of anilines is 1. The lowest BCUT2D eigenvalue weighted by Crippen LogP contribution is -2.27. The second-order valence-electron chi connectivity index (χ2n) is 3.46. The zero-order chi connectivity index (χ0) is 10.3. The van der Waals surface area contributed by atoms with Gasteiger partial charge in [0.05, 0.1) is 6.20 Å². The highest BCUT2D eigenvalue weighted by atomic mass is 16.4. The molecule has 0 amide bonds. The molecule has 1 aromatic rings. The first-order valence-corrected chi connectivity index (χ1v) is 4.29. The molecule has 0 bridgehead atoms. The normalized spacial score (nSPS) is 15.0. The van der Waals surface area contributed by atoms with E-state index in [1.165, 1.54) is 6.20 Å².